The van der Waals surface area contributed by atoms with Crippen LogP contribution in [0.25, 0.3) is 11.0 Å². The topological polar surface area (TPSA) is 73.2 Å². The summed E-state index contributed by atoms with van der Waals surface area (Å²) in [6, 6.07) is 12.6. The minimum atomic E-state index is -0.413. The maximum atomic E-state index is 12.4. The predicted molar refractivity (Wildman–Crippen MR) is 91.1 cm³/mol. The molecule has 2 aromatic heterocycles. The second-order valence-corrected chi connectivity index (χ2v) is 5.37. The third-order valence-electron chi connectivity index (χ3n) is 3.80. The van der Waals surface area contributed by atoms with Gasteiger partial charge in [-0.2, -0.15) is 0 Å². The Kier molecular flexibility index (Phi) is 4.29. The molecule has 3 rings (SSSR count). The second kappa shape index (κ2) is 6.54. The summed E-state index contributed by atoms with van der Waals surface area (Å²) in [5, 5.41) is 3.51. The Balaban J connectivity index is 1.86. The summed E-state index contributed by atoms with van der Waals surface area (Å²) in [6.07, 6.45) is 1.62. The van der Waals surface area contributed by atoms with Crippen LogP contribution in [0, 0.1) is 0 Å². The van der Waals surface area contributed by atoms with Gasteiger partial charge in [-0.25, -0.2) is 4.98 Å². The van der Waals surface area contributed by atoms with Gasteiger partial charge in [0.15, 0.2) is 0 Å². The van der Waals surface area contributed by atoms with Gasteiger partial charge < -0.3 is 10.1 Å². The number of carbonyl (C=O) groups excluding carboxylic acids is 1. The van der Waals surface area contributed by atoms with Crippen molar-refractivity contribution in [2.45, 2.75) is 6.54 Å². The number of rotatable bonds is 4. The van der Waals surface area contributed by atoms with E-state index in [0.717, 1.165) is 16.7 Å². The summed E-state index contributed by atoms with van der Waals surface area (Å²) in [5.41, 5.74) is 1.17. The number of methoxy groups -OCH3 is 1. The van der Waals surface area contributed by atoms with Gasteiger partial charge in [0, 0.05) is 25.2 Å². The van der Waals surface area contributed by atoms with Gasteiger partial charge in [-0.3, -0.25) is 14.2 Å². The van der Waals surface area contributed by atoms with Gasteiger partial charge in [0.2, 0.25) is 0 Å². The maximum absolute atomic E-state index is 12.4. The number of hydrogen-bond donors (Lipinski definition) is 1. The monoisotopic (exact) mass is 323 g/mol. The van der Waals surface area contributed by atoms with Gasteiger partial charge in [-0.15, -0.1) is 0 Å². The lowest BCUT2D eigenvalue weighted by Gasteiger charge is -2.09. The summed E-state index contributed by atoms with van der Waals surface area (Å²) in [7, 11) is 3.20. The van der Waals surface area contributed by atoms with Crippen LogP contribution in [0.1, 0.15) is 15.9 Å². The molecule has 0 atom stereocenters. The van der Waals surface area contributed by atoms with E-state index < -0.39 is 5.91 Å². The number of carbonyl (C=O) groups is 1. The molecule has 122 valence electrons. The summed E-state index contributed by atoms with van der Waals surface area (Å²) in [6.45, 7) is 0.310. The first-order valence-corrected chi connectivity index (χ1v) is 7.46. The first-order valence-electron chi connectivity index (χ1n) is 7.46. The minimum absolute atomic E-state index is 0.0981. The van der Waals surface area contributed by atoms with Gasteiger partial charge >= 0.3 is 0 Å². The number of nitrogens with one attached hydrogen (secondary N) is 1. The van der Waals surface area contributed by atoms with E-state index in [2.05, 4.69) is 10.3 Å². The molecular weight excluding hydrogens is 306 g/mol. The Morgan fingerprint density at radius 1 is 1.25 bits per heavy atom. The lowest BCUT2D eigenvalue weighted by Crippen LogP contribution is -2.32. The molecule has 0 saturated heterocycles. The highest BCUT2D eigenvalue weighted by Gasteiger charge is 2.14. The number of aromatic nitrogens is 2. The van der Waals surface area contributed by atoms with Gasteiger partial charge in [-0.05, 0) is 35.9 Å². The number of ether oxygens (including phenoxy) is 1. The molecule has 1 amide bonds. The smallest absolute Gasteiger partial charge is 0.264 e. The molecule has 0 saturated carbocycles. The molecular formula is C18H17N3O3. The van der Waals surface area contributed by atoms with Crippen LogP contribution in [0.3, 0.4) is 0 Å². The molecule has 0 aliphatic heterocycles. The van der Waals surface area contributed by atoms with Gasteiger partial charge in [0.1, 0.15) is 17.0 Å². The van der Waals surface area contributed by atoms with Crippen molar-refractivity contribution in [1.82, 2.24) is 14.9 Å². The molecule has 0 radical (unpaired) electrons. The molecule has 2 heterocycles. The van der Waals surface area contributed by atoms with E-state index in [1.165, 1.54) is 4.57 Å². The van der Waals surface area contributed by atoms with Crippen LogP contribution in [0.15, 0.2) is 53.5 Å². The average molecular weight is 323 g/mol. The van der Waals surface area contributed by atoms with Crippen LogP contribution in [0.4, 0.5) is 0 Å². The summed E-state index contributed by atoms with van der Waals surface area (Å²) in [5.74, 6) is 0.304. The van der Waals surface area contributed by atoms with Crippen LogP contribution in [0.2, 0.25) is 0 Å². The average Bonchev–Trinajstić information content (AvgIpc) is 2.63. The Bertz CT molecular complexity index is 963. The van der Waals surface area contributed by atoms with Crippen LogP contribution in [-0.2, 0) is 13.6 Å². The zero-order valence-corrected chi connectivity index (χ0v) is 13.4. The highest BCUT2D eigenvalue weighted by molar-refractivity contribution is 5.96. The van der Waals surface area contributed by atoms with E-state index in [9.17, 15) is 9.59 Å². The third-order valence-corrected chi connectivity index (χ3v) is 3.80. The van der Waals surface area contributed by atoms with Crippen molar-refractivity contribution in [2.24, 2.45) is 7.05 Å². The number of amides is 1. The second-order valence-electron chi connectivity index (χ2n) is 5.37. The molecule has 6 heteroatoms. The maximum Gasteiger partial charge on any atom is 0.264 e. The molecule has 0 fully saturated rings. The number of pyridine rings is 2. The van der Waals surface area contributed by atoms with Crippen LogP contribution >= 0.6 is 0 Å². The standard InChI is InChI=1S/C18H17N3O3/c1-21-16-13(6-4-8-19-16)10-15(18(21)23)17(22)20-11-12-5-3-7-14(9-12)24-2/h3-10H,11H2,1-2H3,(H,20,22). The summed E-state index contributed by atoms with van der Waals surface area (Å²) in [4.78, 5) is 29.0. The Morgan fingerprint density at radius 3 is 2.88 bits per heavy atom. The lowest BCUT2D eigenvalue weighted by molar-refractivity contribution is 0.0949. The zero-order valence-electron chi connectivity index (χ0n) is 13.4. The highest BCUT2D eigenvalue weighted by atomic mass is 16.5. The molecule has 3 aromatic rings. The molecule has 0 aliphatic carbocycles. The molecule has 6 nitrogen and oxygen atoms in total. The Labute approximate surface area is 138 Å². The van der Waals surface area contributed by atoms with Crippen molar-refractivity contribution in [2.75, 3.05) is 7.11 Å². The fourth-order valence-corrected chi connectivity index (χ4v) is 2.52. The molecule has 0 aliphatic rings. The fraction of sp³-hybridized carbons (Fsp3) is 0.167. The van der Waals surface area contributed by atoms with E-state index >= 15 is 0 Å². The van der Waals surface area contributed by atoms with Gasteiger partial charge in [0.05, 0.1) is 7.11 Å². The van der Waals surface area contributed by atoms with E-state index in [-0.39, 0.29) is 11.1 Å². The quantitative estimate of drug-likeness (QED) is 0.795. The first kappa shape index (κ1) is 15.7. The zero-order chi connectivity index (χ0) is 17.1. The Morgan fingerprint density at radius 2 is 2.08 bits per heavy atom. The van der Waals surface area contributed by atoms with Crippen molar-refractivity contribution in [3.8, 4) is 5.75 Å². The molecule has 24 heavy (non-hydrogen) atoms. The molecule has 1 aromatic carbocycles. The van der Waals surface area contributed by atoms with Crippen molar-refractivity contribution < 1.29 is 9.53 Å². The summed E-state index contributed by atoms with van der Waals surface area (Å²) >= 11 is 0. The number of benzene rings is 1. The Hall–Kier alpha value is -3.15. The van der Waals surface area contributed by atoms with Gasteiger partial charge in [0.25, 0.3) is 11.5 Å². The van der Waals surface area contributed by atoms with Crippen LogP contribution in [0.5, 0.6) is 5.75 Å². The predicted octanol–water partition coefficient (Wildman–Crippen LogP) is 1.87. The van der Waals surface area contributed by atoms with Crippen LogP contribution in [-0.4, -0.2) is 22.6 Å². The van der Waals surface area contributed by atoms with E-state index in [1.54, 1.807) is 32.5 Å². The largest absolute Gasteiger partial charge is 0.497 e. The molecule has 0 spiro atoms. The fourth-order valence-electron chi connectivity index (χ4n) is 2.52. The normalized spacial score (nSPS) is 10.6. The molecule has 0 bridgehead atoms. The van der Waals surface area contributed by atoms with Crippen molar-refractivity contribution in [1.29, 1.82) is 0 Å². The third kappa shape index (κ3) is 2.99. The van der Waals surface area contributed by atoms with E-state index in [4.69, 9.17) is 4.74 Å². The van der Waals surface area contributed by atoms with Crippen molar-refractivity contribution in [3.63, 3.8) is 0 Å². The van der Waals surface area contributed by atoms with Crippen LogP contribution < -0.4 is 15.6 Å². The lowest BCUT2D eigenvalue weighted by atomic mass is 10.1. The molecule has 1 N–H and O–H groups in total. The molecule has 0 unspecified atom stereocenters. The van der Waals surface area contributed by atoms with Crippen molar-refractivity contribution >= 4 is 16.9 Å². The first-order chi connectivity index (χ1) is 11.6. The SMILES string of the molecule is COc1cccc(CNC(=O)c2cc3cccnc3n(C)c2=O)c1. The van der Waals surface area contributed by atoms with E-state index in [0.29, 0.717) is 12.2 Å². The number of hydrogen-bond acceptors (Lipinski definition) is 4. The van der Waals surface area contributed by atoms with E-state index in [1.807, 2.05) is 30.3 Å². The number of aryl methyl sites for hydroxylation is 1. The van der Waals surface area contributed by atoms with Crippen molar-refractivity contribution in [3.05, 3.63) is 70.1 Å². The van der Waals surface area contributed by atoms with Gasteiger partial charge in [-0.1, -0.05) is 12.1 Å². The highest BCUT2D eigenvalue weighted by Crippen LogP contribution is 2.13. The summed E-state index contributed by atoms with van der Waals surface area (Å²) < 4.78 is 6.54. The number of fused-ring (bicyclic) bond motifs is 1. The minimum Gasteiger partial charge on any atom is -0.497 e. The number of nitrogens with zero attached hydrogens (tertiary/aromatic N) is 2.